The quantitative estimate of drug-likeness (QED) is 0.904. The van der Waals surface area contributed by atoms with E-state index in [-0.39, 0.29) is 23.6 Å². The normalized spacial score (nSPS) is 10.3. The van der Waals surface area contributed by atoms with Crippen molar-refractivity contribution < 1.29 is 19.4 Å². The number of aromatic hydroxyl groups is 2. The van der Waals surface area contributed by atoms with Crippen molar-refractivity contribution in [2.75, 3.05) is 7.05 Å². The van der Waals surface area contributed by atoms with Gasteiger partial charge in [0.2, 0.25) is 0 Å². The van der Waals surface area contributed by atoms with Crippen LogP contribution in [0.1, 0.15) is 15.9 Å². The second kappa shape index (κ2) is 5.61. The van der Waals surface area contributed by atoms with E-state index >= 15 is 0 Å². The molecule has 0 aromatic heterocycles. The summed E-state index contributed by atoms with van der Waals surface area (Å²) in [6.45, 7) is 0.243. The monoisotopic (exact) mass is 275 g/mol. The molecule has 0 atom stereocenters. The van der Waals surface area contributed by atoms with Crippen molar-refractivity contribution in [3.05, 3.63) is 59.4 Å². The van der Waals surface area contributed by atoms with Crippen LogP contribution in [0.3, 0.4) is 0 Å². The van der Waals surface area contributed by atoms with Crippen molar-refractivity contribution >= 4 is 5.91 Å². The highest BCUT2D eigenvalue weighted by Crippen LogP contribution is 2.22. The van der Waals surface area contributed by atoms with Gasteiger partial charge in [0.1, 0.15) is 22.9 Å². The third kappa shape index (κ3) is 2.88. The minimum Gasteiger partial charge on any atom is -0.508 e. The molecule has 0 aliphatic carbocycles. The maximum atomic E-state index is 13.6. The van der Waals surface area contributed by atoms with Crippen LogP contribution in [-0.4, -0.2) is 28.1 Å². The molecule has 0 aliphatic rings. The van der Waals surface area contributed by atoms with Gasteiger partial charge in [0, 0.05) is 13.6 Å². The van der Waals surface area contributed by atoms with Gasteiger partial charge in [-0.25, -0.2) is 4.39 Å². The molecule has 2 aromatic carbocycles. The Morgan fingerprint density at radius 1 is 1.15 bits per heavy atom. The molecule has 2 rings (SSSR count). The Labute approximate surface area is 115 Å². The van der Waals surface area contributed by atoms with Gasteiger partial charge in [-0.3, -0.25) is 4.79 Å². The van der Waals surface area contributed by atoms with E-state index < -0.39 is 11.7 Å². The average molecular weight is 275 g/mol. The Balaban J connectivity index is 2.18. The van der Waals surface area contributed by atoms with Crippen LogP contribution in [0.25, 0.3) is 0 Å². The lowest BCUT2D eigenvalue weighted by Gasteiger charge is -2.18. The standard InChI is InChI=1S/C15H14FNO3/c1-17(9-10-5-7-11(18)8-6-10)15(20)14-12(16)3-2-4-13(14)19/h2-8,18-19H,9H2,1H3. The molecule has 0 radical (unpaired) electrons. The second-order valence-electron chi connectivity index (χ2n) is 4.46. The molecule has 0 fully saturated rings. The molecule has 0 spiro atoms. The van der Waals surface area contributed by atoms with Crippen molar-refractivity contribution in [3.8, 4) is 11.5 Å². The van der Waals surface area contributed by atoms with Crippen LogP contribution >= 0.6 is 0 Å². The number of rotatable bonds is 3. The van der Waals surface area contributed by atoms with Crippen LogP contribution in [0.15, 0.2) is 42.5 Å². The minimum absolute atomic E-state index is 0.134. The first-order chi connectivity index (χ1) is 9.49. The molecule has 2 aromatic rings. The summed E-state index contributed by atoms with van der Waals surface area (Å²) in [4.78, 5) is 13.4. The fourth-order valence-corrected chi connectivity index (χ4v) is 1.86. The summed E-state index contributed by atoms with van der Waals surface area (Å²) in [6, 6.07) is 10.1. The van der Waals surface area contributed by atoms with Gasteiger partial charge in [-0.05, 0) is 29.8 Å². The maximum absolute atomic E-state index is 13.6. The Kier molecular flexibility index (Phi) is 3.89. The maximum Gasteiger partial charge on any atom is 0.260 e. The van der Waals surface area contributed by atoms with Crippen molar-refractivity contribution in [1.29, 1.82) is 0 Å². The predicted molar refractivity (Wildman–Crippen MR) is 72.0 cm³/mol. The highest BCUT2D eigenvalue weighted by Gasteiger charge is 2.20. The Hall–Kier alpha value is -2.56. The van der Waals surface area contributed by atoms with Gasteiger partial charge in [-0.2, -0.15) is 0 Å². The van der Waals surface area contributed by atoms with E-state index in [2.05, 4.69) is 0 Å². The van der Waals surface area contributed by atoms with E-state index in [9.17, 15) is 19.4 Å². The van der Waals surface area contributed by atoms with Crippen molar-refractivity contribution in [2.45, 2.75) is 6.54 Å². The second-order valence-corrected chi connectivity index (χ2v) is 4.46. The molecular weight excluding hydrogens is 261 g/mol. The Bertz CT molecular complexity index is 605. The molecule has 0 bridgehead atoms. The smallest absolute Gasteiger partial charge is 0.260 e. The van der Waals surface area contributed by atoms with Gasteiger partial charge in [0.25, 0.3) is 5.91 Å². The highest BCUT2D eigenvalue weighted by molar-refractivity contribution is 5.96. The molecule has 5 heteroatoms. The summed E-state index contributed by atoms with van der Waals surface area (Å²) in [7, 11) is 1.51. The SMILES string of the molecule is CN(Cc1ccc(O)cc1)C(=O)c1c(O)cccc1F. The molecule has 0 aliphatic heterocycles. The molecule has 0 unspecified atom stereocenters. The number of benzene rings is 2. The van der Waals surface area contributed by atoms with E-state index in [1.54, 1.807) is 12.1 Å². The first kappa shape index (κ1) is 13.9. The molecule has 2 N–H and O–H groups in total. The van der Waals surface area contributed by atoms with Gasteiger partial charge < -0.3 is 15.1 Å². The summed E-state index contributed by atoms with van der Waals surface area (Å²) in [6.07, 6.45) is 0. The van der Waals surface area contributed by atoms with E-state index in [1.165, 1.54) is 36.2 Å². The molecule has 4 nitrogen and oxygen atoms in total. The van der Waals surface area contributed by atoms with Gasteiger partial charge in [0.05, 0.1) is 0 Å². The topological polar surface area (TPSA) is 60.8 Å². The van der Waals surface area contributed by atoms with Crippen LogP contribution in [0.4, 0.5) is 4.39 Å². The van der Waals surface area contributed by atoms with E-state index in [4.69, 9.17) is 0 Å². The van der Waals surface area contributed by atoms with E-state index in [0.29, 0.717) is 0 Å². The molecular formula is C15H14FNO3. The molecule has 0 heterocycles. The first-order valence-electron chi connectivity index (χ1n) is 6.00. The zero-order valence-corrected chi connectivity index (χ0v) is 10.9. The van der Waals surface area contributed by atoms with Crippen LogP contribution in [0, 0.1) is 5.82 Å². The van der Waals surface area contributed by atoms with Gasteiger partial charge in [-0.15, -0.1) is 0 Å². The molecule has 20 heavy (non-hydrogen) atoms. The lowest BCUT2D eigenvalue weighted by Crippen LogP contribution is -2.27. The number of nitrogens with zero attached hydrogens (tertiary/aromatic N) is 1. The summed E-state index contributed by atoms with van der Waals surface area (Å²) < 4.78 is 13.6. The zero-order chi connectivity index (χ0) is 14.7. The average Bonchev–Trinajstić information content (AvgIpc) is 2.41. The summed E-state index contributed by atoms with van der Waals surface area (Å²) in [5.41, 5.74) is 0.447. The third-order valence-corrected chi connectivity index (χ3v) is 2.91. The largest absolute Gasteiger partial charge is 0.508 e. The molecule has 104 valence electrons. The number of carbonyl (C=O) groups is 1. The minimum atomic E-state index is -0.757. The van der Waals surface area contributed by atoms with E-state index in [1.807, 2.05) is 0 Å². The predicted octanol–water partition coefficient (Wildman–Crippen LogP) is 2.51. The van der Waals surface area contributed by atoms with Gasteiger partial charge in [-0.1, -0.05) is 18.2 Å². The molecule has 0 saturated heterocycles. The fourth-order valence-electron chi connectivity index (χ4n) is 1.86. The summed E-state index contributed by atoms with van der Waals surface area (Å²) >= 11 is 0. The molecule has 1 amide bonds. The third-order valence-electron chi connectivity index (χ3n) is 2.91. The van der Waals surface area contributed by atoms with Crippen LogP contribution in [-0.2, 0) is 6.54 Å². The number of carbonyl (C=O) groups excluding carboxylic acids is 1. The van der Waals surface area contributed by atoms with E-state index in [0.717, 1.165) is 11.6 Å². The molecule has 0 saturated carbocycles. The van der Waals surface area contributed by atoms with Crippen LogP contribution < -0.4 is 0 Å². The van der Waals surface area contributed by atoms with Crippen molar-refractivity contribution in [2.24, 2.45) is 0 Å². The number of phenols is 2. The van der Waals surface area contributed by atoms with Gasteiger partial charge in [0.15, 0.2) is 0 Å². The zero-order valence-electron chi connectivity index (χ0n) is 10.9. The van der Waals surface area contributed by atoms with Crippen molar-refractivity contribution in [3.63, 3.8) is 0 Å². The highest BCUT2D eigenvalue weighted by atomic mass is 19.1. The van der Waals surface area contributed by atoms with Crippen LogP contribution in [0.2, 0.25) is 0 Å². The number of hydrogen-bond donors (Lipinski definition) is 2. The number of amides is 1. The summed E-state index contributed by atoms with van der Waals surface area (Å²) in [5.74, 6) is -1.61. The summed E-state index contributed by atoms with van der Waals surface area (Å²) in [5, 5.41) is 18.8. The number of phenolic OH excluding ortho intramolecular Hbond substituents is 2. The number of halogens is 1. The van der Waals surface area contributed by atoms with Gasteiger partial charge >= 0.3 is 0 Å². The first-order valence-corrected chi connectivity index (χ1v) is 6.00. The van der Waals surface area contributed by atoms with Crippen LogP contribution in [0.5, 0.6) is 11.5 Å². The Morgan fingerprint density at radius 2 is 1.80 bits per heavy atom. The fraction of sp³-hybridized carbons (Fsp3) is 0.133. The lowest BCUT2D eigenvalue weighted by atomic mass is 10.1. The number of hydrogen-bond acceptors (Lipinski definition) is 3. The van der Waals surface area contributed by atoms with Crippen molar-refractivity contribution in [1.82, 2.24) is 4.90 Å². The Morgan fingerprint density at radius 3 is 2.40 bits per heavy atom. The lowest BCUT2D eigenvalue weighted by molar-refractivity contribution is 0.0777.